The Morgan fingerprint density at radius 2 is 2.16 bits per heavy atom. The van der Waals surface area contributed by atoms with Crippen LogP contribution in [-0.2, 0) is 27.7 Å². The lowest BCUT2D eigenvalue weighted by Gasteiger charge is -2.32. The SMILES string of the molecule is O=C(Nc1nc2c(s1)CCC2)[C@H]1CCCCN1S(=O)(=O)c1cccs1. The molecule has 1 aliphatic heterocycles. The number of anilines is 1. The topological polar surface area (TPSA) is 79.4 Å². The molecule has 1 saturated heterocycles. The van der Waals surface area contributed by atoms with Gasteiger partial charge in [0.05, 0.1) is 5.69 Å². The van der Waals surface area contributed by atoms with Gasteiger partial charge in [-0.2, -0.15) is 4.31 Å². The van der Waals surface area contributed by atoms with Crippen LogP contribution >= 0.6 is 22.7 Å². The van der Waals surface area contributed by atoms with Crippen molar-refractivity contribution in [1.82, 2.24) is 9.29 Å². The molecule has 0 bridgehead atoms. The third-order valence-corrected chi connectivity index (χ3v) is 8.99. The van der Waals surface area contributed by atoms with Crippen LogP contribution in [0.1, 0.15) is 36.3 Å². The second-order valence-corrected chi connectivity index (χ2v) is 10.4. The summed E-state index contributed by atoms with van der Waals surface area (Å²) in [7, 11) is -3.63. The molecule has 0 saturated carbocycles. The van der Waals surface area contributed by atoms with E-state index in [1.807, 2.05) is 0 Å². The standard InChI is InChI=1S/C16H19N3O3S3/c20-15(18-16-17-11-5-3-7-13(11)24-16)12-6-1-2-9-19(12)25(21,22)14-8-4-10-23-14/h4,8,10,12H,1-3,5-7,9H2,(H,17,18,20)/t12-/m1/s1. The second-order valence-electron chi connectivity index (χ2n) is 6.29. The minimum Gasteiger partial charge on any atom is -0.301 e. The van der Waals surface area contributed by atoms with E-state index in [0.717, 1.165) is 37.8 Å². The van der Waals surface area contributed by atoms with Crippen LogP contribution in [0.5, 0.6) is 0 Å². The molecular weight excluding hydrogens is 378 g/mol. The summed E-state index contributed by atoms with van der Waals surface area (Å²) in [5.74, 6) is -0.271. The van der Waals surface area contributed by atoms with Crippen LogP contribution in [0.15, 0.2) is 21.7 Å². The molecule has 134 valence electrons. The number of rotatable bonds is 4. The molecule has 9 heteroatoms. The lowest BCUT2D eigenvalue weighted by molar-refractivity contribution is -0.120. The number of amides is 1. The highest BCUT2D eigenvalue weighted by Crippen LogP contribution is 2.32. The number of hydrogen-bond donors (Lipinski definition) is 1. The lowest BCUT2D eigenvalue weighted by Crippen LogP contribution is -2.49. The Morgan fingerprint density at radius 3 is 2.92 bits per heavy atom. The van der Waals surface area contributed by atoms with Gasteiger partial charge in [0.1, 0.15) is 10.3 Å². The summed E-state index contributed by atoms with van der Waals surface area (Å²) in [5.41, 5.74) is 1.08. The Labute approximate surface area is 154 Å². The van der Waals surface area contributed by atoms with Gasteiger partial charge < -0.3 is 5.32 Å². The smallest absolute Gasteiger partial charge is 0.253 e. The molecule has 0 aromatic carbocycles. The first kappa shape index (κ1) is 17.1. The molecule has 4 rings (SSSR count). The number of thiazole rings is 1. The second kappa shape index (κ2) is 6.79. The first-order chi connectivity index (χ1) is 12.1. The van der Waals surface area contributed by atoms with E-state index in [9.17, 15) is 13.2 Å². The van der Waals surface area contributed by atoms with Crippen LogP contribution in [0.3, 0.4) is 0 Å². The van der Waals surface area contributed by atoms with E-state index in [1.54, 1.807) is 17.5 Å². The normalized spacial score (nSPS) is 21.2. The predicted octanol–water partition coefficient (Wildman–Crippen LogP) is 2.88. The molecule has 25 heavy (non-hydrogen) atoms. The summed E-state index contributed by atoms with van der Waals surface area (Å²) >= 11 is 2.70. The first-order valence-corrected chi connectivity index (χ1v) is 11.5. The summed E-state index contributed by atoms with van der Waals surface area (Å²) < 4.78 is 27.4. The molecule has 2 aromatic heterocycles. The quantitative estimate of drug-likeness (QED) is 0.860. The number of piperidine rings is 1. The highest BCUT2D eigenvalue weighted by Gasteiger charge is 2.38. The fourth-order valence-electron chi connectivity index (χ4n) is 3.41. The Hall–Kier alpha value is -1.29. The minimum atomic E-state index is -3.63. The van der Waals surface area contributed by atoms with E-state index in [0.29, 0.717) is 22.3 Å². The molecule has 0 unspecified atom stereocenters. The highest BCUT2D eigenvalue weighted by molar-refractivity contribution is 7.91. The number of thiophene rings is 1. The summed E-state index contributed by atoms with van der Waals surface area (Å²) in [4.78, 5) is 18.5. The van der Waals surface area contributed by atoms with Gasteiger partial charge in [-0.15, -0.1) is 22.7 Å². The molecule has 1 fully saturated rings. The predicted molar refractivity (Wildman–Crippen MR) is 98.6 cm³/mol. The summed E-state index contributed by atoms with van der Waals surface area (Å²) in [5, 5.41) is 5.18. The van der Waals surface area contributed by atoms with Gasteiger partial charge in [-0.1, -0.05) is 12.5 Å². The van der Waals surface area contributed by atoms with E-state index in [-0.39, 0.29) is 5.91 Å². The number of fused-ring (bicyclic) bond motifs is 1. The number of aromatic nitrogens is 1. The monoisotopic (exact) mass is 397 g/mol. The molecule has 1 N–H and O–H groups in total. The third-order valence-electron chi connectivity index (χ3n) is 4.64. The molecule has 1 amide bonds. The number of nitrogens with one attached hydrogen (secondary N) is 1. The molecule has 6 nitrogen and oxygen atoms in total. The zero-order valence-electron chi connectivity index (χ0n) is 13.6. The molecule has 0 radical (unpaired) electrons. The lowest BCUT2D eigenvalue weighted by atomic mass is 10.0. The average molecular weight is 398 g/mol. The summed E-state index contributed by atoms with van der Waals surface area (Å²) in [6.45, 7) is 0.382. The molecular formula is C16H19N3O3S3. The van der Waals surface area contributed by atoms with Crippen molar-refractivity contribution in [2.75, 3.05) is 11.9 Å². The van der Waals surface area contributed by atoms with E-state index < -0.39 is 16.1 Å². The van der Waals surface area contributed by atoms with Crippen molar-refractivity contribution in [3.05, 3.63) is 28.1 Å². The van der Waals surface area contributed by atoms with E-state index in [4.69, 9.17) is 0 Å². The van der Waals surface area contributed by atoms with Crippen molar-refractivity contribution in [3.8, 4) is 0 Å². The molecule has 3 heterocycles. The van der Waals surface area contributed by atoms with Gasteiger partial charge in [0.2, 0.25) is 5.91 Å². The van der Waals surface area contributed by atoms with Crippen molar-refractivity contribution in [3.63, 3.8) is 0 Å². The molecule has 1 aliphatic carbocycles. The van der Waals surface area contributed by atoms with Crippen LogP contribution in [0.2, 0.25) is 0 Å². The van der Waals surface area contributed by atoms with Crippen LogP contribution in [0, 0.1) is 0 Å². The molecule has 1 atom stereocenters. The maximum Gasteiger partial charge on any atom is 0.253 e. The van der Waals surface area contributed by atoms with E-state index >= 15 is 0 Å². The molecule has 2 aliphatic rings. The Kier molecular flexibility index (Phi) is 4.65. The zero-order valence-corrected chi connectivity index (χ0v) is 16.1. The van der Waals surface area contributed by atoms with E-state index in [1.165, 1.54) is 31.9 Å². The fourth-order valence-corrected chi connectivity index (χ4v) is 7.24. The average Bonchev–Trinajstić information content (AvgIpc) is 3.32. The number of carbonyl (C=O) groups excluding carboxylic acids is 1. The summed E-state index contributed by atoms with van der Waals surface area (Å²) in [6, 6.07) is 2.64. The highest BCUT2D eigenvalue weighted by atomic mass is 32.2. The Bertz CT molecular complexity index is 852. The van der Waals surface area contributed by atoms with Gasteiger partial charge in [-0.25, -0.2) is 13.4 Å². The fraction of sp³-hybridized carbons (Fsp3) is 0.500. The van der Waals surface area contributed by atoms with Gasteiger partial charge in [-0.05, 0) is 43.6 Å². The largest absolute Gasteiger partial charge is 0.301 e. The van der Waals surface area contributed by atoms with Crippen LogP contribution in [0.4, 0.5) is 5.13 Å². The minimum absolute atomic E-state index is 0.271. The van der Waals surface area contributed by atoms with Crippen LogP contribution in [-0.4, -0.2) is 36.2 Å². The van der Waals surface area contributed by atoms with Gasteiger partial charge in [0.25, 0.3) is 10.0 Å². The van der Waals surface area contributed by atoms with Crippen molar-refractivity contribution < 1.29 is 13.2 Å². The van der Waals surface area contributed by atoms with Crippen LogP contribution in [0.25, 0.3) is 0 Å². The van der Waals surface area contributed by atoms with Gasteiger partial charge in [0.15, 0.2) is 5.13 Å². The Morgan fingerprint density at radius 1 is 1.28 bits per heavy atom. The number of sulfonamides is 1. The van der Waals surface area contributed by atoms with Gasteiger partial charge in [-0.3, -0.25) is 4.79 Å². The van der Waals surface area contributed by atoms with E-state index in [2.05, 4.69) is 10.3 Å². The first-order valence-electron chi connectivity index (χ1n) is 8.40. The van der Waals surface area contributed by atoms with Crippen molar-refractivity contribution in [1.29, 1.82) is 0 Å². The third kappa shape index (κ3) is 3.25. The maximum absolute atomic E-state index is 12.9. The summed E-state index contributed by atoms with van der Waals surface area (Å²) in [6.07, 6.45) is 5.28. The Balaban J connectivity index is 1.55. The van der Waals surface area contributed by atoms with Gasteiger partial charge in [0, 0.05) is 11.4 Å². The zero-order chi connectivity index (χ0) is 17.4. The number of hydrogen-bond acceptors (Lipinski definition) is 6. The van der Waals surface area contributed by atoms with Crippen molar-refractivity contribution >= 4 is 43.7 Å². The van der Waals surface area contributed by atoms with Crippen LogP contribution < -0.4 is 5.32 Å². The molecule has 2 aromatic rings. The number of carbonyl (C=O) groups is 1. The van der Waals surface area contributed by atoms with Gasteiger partial charge >= 0.3 is 0 Å². The maximum atomic E-state index is 12.9. The number of aryl methyl sites for hydroxylation is 2. The molecule has 0 spiro atoms. The number of nitrogens with zero attached hydrogens (tertiary/aromatic N) is 2. The van der Waals surface area contributed by atoms with Crippen molar-refractivity contribution in [2.24, 2.45) is 0 Å². The van der Waals surface area contributed by atoms with Crippen molar-refractivity contribution in [2.45, 2.75) is 48.8 Å².